The fourth-order valence-corrected chi connectivity index (χ4v) is 4.37. The number of hydrogen-bond donors (Lipinski definition) is 0. The van der Waals surface area contributed by atoms with Crippen LogP contribution in [0.5, 0.6) is 0 Å². The van der Waals surface area contributed by atoms with E-state index in [1.807, 2.05) is 36.4 Å². The minimum Gasteiger partial charge on any atom is -0.247 e. The number of rotatable bonds is 4. The van der Waals surface area contributed by atoms with Crippen LogP contribution in [-0.2, 0) is 10.0 Å². The smallest absolute Gasteiger partial charge is 0.243 e. The van der Waals surface area contributed by atoms with Gasteiger partial charge in [0, 0.05) is 19.3 Å². The Balaban J connectivity index is 1.57. The molecule has 1 saturated heterocycles. The molecule has 0 aliphatic carbocycles. The molecule has 0 unspecified atom stereocenters. The Bertz CT molecular complexity index is 934. The molecule has 2 heterocycles. The molecule has 122 valence electrons. The quantitative estimate of drug-likeness (QED) is 0.730. The third-order valence-electron chi connectivity index (χ3n) is 4.22. The fourth-order valence-electron chi connectivity index (χ4n) is 2.81. The van der Waals surface area contributed by atoms with E-state index >= 15 is 0 Å². The number of hydrogen-bond acceptors (Lipinski definition) is 4. The predicted octanol–water partition coefficient (Wildman–Crippen LogP) is 2.19. The molecular formula is C17H16N4O2S. The van der Waals surface area contributed by atoms with Crippen molar-refractivity contribution in [2.75, 3.05) is 13.1 Å². The Morgan fingerprint density at radius 2 is 1.71 bits per heavy atom. The zero-order valence-corrected chi connectivity index (χ0v) is 13.7. The molecule has 1 aliphatic heterocycles. The van der Waals surface area contributed by atoms with Crippen LogP contribution in [0.3, 0.4) is 0 Å². The minimum atomic E-state index is -3.48. The van der Waals surface area contributed by atoms with Crippen LogP contribution in [0.15, 0.2) is 71.9 Å². The van der Waals surface area contributed by atoms with Gasteiger partial charge in [-0.05, 0) is 23.3 Å². The first-order valence-corrected chi connectivity index (χ1v) is 9.10. The van der Waals surface area contributed by atoms with Crippen molar-refractivity contribution in [2.45, 2.75) is 10.9 Å². The molecule has 7 heteroatoms. The van der Waals surface area contributed by atoms with Gasteiger partial charge in [0.05, 0.1) is 17.1 Å². The monoisotopic (exact) mass is 340 g/mol. The fraction of sp³-hybridized carbons (Fsp3) is 0.176. The molecule has 1 fully saturated rings. The molecule has 3 aromatic rings. The van der Waals surface area contributed by atoms with Gasteiger partial charge in [0.1, 0.15) is 0 Å². The molecule has 0 bridgehead atoms. The Hall–Kier alpha value is -2.51. The summed E-state index contributed by atoms with van der Waals surface area (Å²) < 4.78 is 28.8. The van der Waals surface area contributed by atoms with Gasteiger partial charge in [-0.25, -0.2) is 13.1 Å². The normalized spacial score (nSPS) is 16.0. The molecule has 0 radical (unpaired) electrons. The first-order chi connectivity index (χ1) is 11.6. The molecule has 0 spiro atoms. The first kappa shape index (κ1) is 15.0. The second-order valence-corrected chi connectivity index (χ2v) is 7.69. The minimum absolute atomic E-state index is 0.0552. The maximum Gasteiger partial charge on any atom is 0.243 e. The van der Waals surface area contributed by atoms with E-state index in [2.05, 4.69) is 10.3 Å². The summed E-state index contributed by atoms with van der Waals surface area (Å²) in [5.74, 6) is 0. The van der Waals surface area contributed by atoms with Crippen molar-refractivity contribution in [3.8, 4) is 11.1 Å². The van der Waals surface area contributed by atoms with Crippen molar-refractivity contribution in [3.63, 3.8) is 0 Å². The molecule has 4 rings (SSSR count). The van der Waals surface area contributed by atoms with E-state index in [4.69, 9.17) is 0 Å². The van der Waals surface area contributed by atoms with Gasteiger partial charge in [-0.15, -0.1) is 5.10 Å². The summed E-state index contributed by atoms with van der Waals surface area (Å²) in [6, 6.07) is 16.9. The Labute approximate surface area is 140 Å². The van der Waals surface area contributed by atoms with Crippen LogP contribution < -0.4 is 0 Å². The van der Waals surface area contributed by atoms with Gasteiger partial charge in [-0.1, -0.05) is 47.7 Å². The lowest BCUT2D eigenvalue weighted by Crippen LogP contribution is -2.50. The van der Waals surface area contributed by atoms with Crippen LogP contribution in [-0.4, -0.2) is 40.8 Å². The second kappa shape index (κ2) is 5.85. The van der Waals surface area contributed by atoms with Crippen LogP contribution >= 0.6 is 0 Å². The van der Waals surface area contributed by atoms with Crippen molar-refractivity contribution in [1.82, 2.24) is 19.3 Å². The van der Waals surface area contributed by atoms with Crippen molar-refractivity contribution in [3.05, 3.63) is 67.0 Å². The van der Waals surface area contributed by atoms with E-state index in [0.29, 0.717) is 18.0 Å². The Kier molecular flexibility index (Phi) is 3.66. The first-order valence-electron chi connectivity index (χ1n) is 7.66. The van der Waals surface area contributed by atoms with E-state index in [1.165, 1.54) is 4.31 Å². The van der Waals surface area contributed by atoms with Gasteiger partial charge in [0.25, 0.3) is 0 Å². The van der Waals surface area contributed by atoms with Crippen molar-refractivity contribution >= 4 is 10.0 Å². The molecule has 0 amide bonds. The third-order valence-corrected chi connectivity index (χ3v) is 6.05. The van der Waals surface area contributed by atoms with E-state index < -0.39 is 10.0 Å². The van der Waals surface area contributed by atoms with E-state index in [-0.39, 0.29) is 6.04 Å². The lowest BCUT2D eigenvalue weighted by Gasteiger charge is -2.37. The van der Waals surface area contributed by atoms with Gasteiger partial charge in [0.15, 0.2) is 0 Å². The highest BCUT2D eigenvalue weighted by atomic mass is 32.2. The number of aromatic nitrogens is 3. The predicted molar refractivity (Wildman–Crippen MR) is 89.7 cm³/mol. The maximum atomic E-state index is 12.8. The Morgan fingerprint density at radius 3 is 2.42 bits per heavy atom. The summed E-state index contributed by atoms with van der Waals surface area (Å²) in [6.07, 6.45) is 3.35. The standard InChI is InChI=1S/C17H16N4O2S/c22-24(23,20-12-16(13-20)21-10-9-18-19-21)17-8-4-7-15(11-17)14-5-2-1-3-6-14/h1-11,16H,12-13H2. The van der Waals surface area contributed by atoms with E-state index in [9.17, 15) is 8.42 Å². The third kappa shape index (κ3) is 2.61. The molecule has 6 nitrogen and oxygen atoms in total. The van der Waals surface area contributed by atoms with Gasteiger partial charge in [-0.3, -0.25) is 0 Å². The van der Waals surface area contributed by atoms with Crippen molar-refractivity contribution < 1.29 is 8.42 Å². The molecule has 0 saturated carbocycles. The van der Waals surface area contributed by atoms with Crippen LogP contribution in [0.25, 0.3) is 11.1 Å². The van der Waals surface area contributed by atoms with Crippen LogP contribution in [0.1, 0.15) is 6.04 Å². The summed E-state index contributed by atoms with van der Waals surface area (Å²) in [5.41, 5.74) is 1.89. The van der Waals surface area contributed by atoms with Gasteiger partial charge in [-0.2, -0.15) is 4.31 Å². The average Bonchev–Trinajstić information content (AvgIpc) is 3.08. The summed E-state index contributed by atoms with van der Waals surface area (Å²) in [7, 11) is -3.48. The number of nitrogens with zero attached hydrogens (tertiary/aromatic N) is 4. The average molecular weight is 340 g/mol. The lowest BCUT2D eigenvalue weighted by atomic mass is 10.1. The molecule has 1 aromatic heterocycles. The SMILES string of the molecule is O=S(=O)(c1cccc(-c2ccccc2)c1)N1CC(n2ccnn2)C1. The number of sulfonamides is 1. The molecule has 24 heavy (non-hydrogen) atoms. The highest BCUT2D eigenvalue weighted by Gasteiger charge is 2.38. The van der Waals surface area contributed by atoms with Crippen LogP contribution in [0, 0.1) is 0 Å². The summed E-state index contributed by atoms with van der Waals surface area (Å²) in [5, 5.41) is 7.69. The Morgan fingerprint density at radius 1 is 0.958 bits per heavy atom. The molecular weight excluding hydrogens is 324 g/mol. The van der Waals surface area contributed by atoms with Crippen LogP contribution in [0.4, 0.5) is 0 Å². The summed E-state index contributed by atoms with van der Waals surface area (Å²) in [6.45, 7) is 0.836. The maximum absolute atomic E-state index is 12.8. The van der Waals surface area contributed by atoms with Gasteiger partial charge in [0.2, 0.25) is 10.0 Å². The number of benzene rings is 2. The van der Waals surface area contributed by atoms with Gasteiger partial charge < -0.3 is 0 Å². The lowest BCUT2D eigenvalue weighted by molar-refractivity contribution is 0.189. The van der Waals surface area contributed by atoms with Crippen molar-refractivity contribution in [2.24, 2.45) is 0 Å². The van der Waals surface area contributed by atoms with E-state index in [0.717, 1.165) is 11.1 Å². The van der Waals surface area contributed by atoms with Gasteiger partial charge >= 0.3 is 0 Å². The largest absolute Gasteiger partial charge is 0.247 e. The molecule has 0 N–H and O–H groups in total. The topological polar surface area (TPSA) is 68.1 Å². The molecule has 0 atom stereocenters. The summed E-state index contributed by atoms with van der Waals surface area (Å²) in [4.78, 5) is 0.320. The highest BCUT2D eigenvalue weighted by Crippen LogP contribution is 2.29. The molecule has 2 aromatic carbocycles. The highest BCUT2D eigenvalue weighted by molar-refractivity contribution is 7.89. The summed E-state index contributed by atoms with van der Waals surface area (Å²) >= 11 is 0. The van der Waals surface area contributed by atoms with Crippen molar-refractivity contribution in [1.29, 1.82) is 0 Å². The van der Waals surface area contributed by atoms with Crippen LogP contribution in [0.2, 0.25) is 0 Å². The zero-order chi connectivity index (χ0) is 16.6. The second-order valence-electron chi connectivity index (χ2n) is 5.75. The zero-order valence-electron chi connectivity index (χ0n) is 12.9. The van der Waals surface area contributed by atoms with E-state index in [1.54, 1.807) is 35.3 Å². The molecule has 1 aliphatic rings.